The maximum atomic E-state index is 11.4. The lowest BCUT2D eigenvalue weighted by Crippen LogP contribution is -2.33. The molecule has 1 amide bonds. The summed E-state index contributed by atoms with van der Waals surface area (Å²) >= 11 is 3.41. The summed E-state index contributed by atoms with van der Waals surface area (Å²) in [5.41, 5.74) is 0.378. The number of hydrogen-bond acceptors (Lipinski definition) is 3. The van der Waals surface area contributed by atoms with Crippen molar-refractivity contribution >= 4 is 22.0 Å². The third-order valence-corrected chi connectivity index (χ3v) is 3.31. The van der Waals surface area contributed by atoms with Crippen molar-refractivity contribution in [2.45, 2.75) is 45.3 Å². The van der Waals surface area contributed by atoms with Gasteiger partial charge in [-0.2, -0.15) is 0 Å². The molecule has 5 heteroatoms. The normalized spacial score (nSPS) is 12.8. The first-order valence-corrected chi connectivity index (χ1v) is 7.48. The Morgan fingerprint density at radius 3 is 2.65 bits per heavy atom. The summed E-state index contributed by atoms with van der Waals surface area (Å²) in [5.74, 6) is 0. The van der Waals surface area contributed by atoms with Crippen LogP contribution < -0.4 is 5.32 Å². The Kier molecular flexibility index (Phi) is 6.49. The number of amides is 1. The maximum absolute atomic E-state index is 11.4. The lowest BCUT2D eigenvalue weighted by atomic mass is 10.1. The molecule has 2 N–H and O–H groups in total. The fourth-order valence-corrected chi connectivity index (χ4v) is 2.25. The number of rotatable bonds is 5. The van der Waals surface area contributed by atoms with Crippen molar-refractivity contribution in [1.29, 1.82) is 0 Å². The number of nitrogens with one attached hydrogen (secondary N) is 1. The van der Waals surface area contributed by atoms with Gasteiger partial charge in [0, 0.05) is 11.0 Å². The largest absolute Gasteiger partial charge is 0.444 e. The van der Waals surface area contributed by atoms with E-state index in [4.69, 9.17) is 4.74 Å². The summed E-state index contributed by atoms with van der Waals surface area (Å²) in [6, 6.07) is 7.58. The second-order valence-corrected chi connectivity index (χ2v) is 6.46. The van der Waals surface area contributed by atoms with Crippen LogP contribution in [-0.2, 0) is 4.74 Å². The molecule has 0 fully saturated rings. The average molecular weight is 344 g/mol. The Morgan fingerprint density at radius 1 is 1.40 bits per heavy atom. The van der Waals surface area contributed by atoms with Crippen LogP contribution in [-0.4, -0.2) is 23.3 Å². The van der Waals surface area contributed by atoms with Gasteiger partial charge in [0.15, 0.2) is 0 Å². The standard InChI is InChI=1S/C15H22BrNO3/c1-15(2,3)20-14(19)17-10-6-9-13(18)11-7-4-5-8-12(11)16/h4-5,7-8,13,18H,6,9-10H2,1-3H3,(H,17,19)/t13-/m1/s1. The summed E-state index contributed by atoms with van der Waals surface area (Å²) in [4.78, 5) is 11.4. The van der Waals surface area contributed by atoms with E-state index < -0.39 is 17.8 Å². The van der Waals surface area contributed by atoms with Crippen molar-refractivity contribution in [3.8, 4) is 0 Å². The Balaban J connectivity index is 2.28. The van der Waals surface area contributed by atoms with E-state index in [0.29, 0.717) is 19.4 Å². The predicted octanol–water partition coefficient (Wildman–Crippen LogP) is 3.79. The molecular weight excluding hydrogens is 322 g/mol. The number of ether oxygens (including phenoxy) is 1. The van der Waals surface area contributed by atoms with Crippen LogP contribution in [0.25, 0.3) is 0 Å². The van der Waals surface area contributed by atoms with Crippen LogP contribution >= 0.6 is 15.9 Å². The summed E-state index contributed by atoms with van der Waals surface area (Å²) in [7, 11) is 0. The van der Waals surface area contributed by atoms with Crippen molar-refractivity contribution in [3.63, 3.8) is 0 Å². The SMILES string of the molecule is CC(C)(C)OC(=O)NCCC[C@@H](O)c1ccccc1Br. The molecule has 0 aliphatic rings. The van der Waals surface area contributed by atoms with E-state index in [1.54, 1.807) is 0 Å². The van der Waals surface area contributed by atoms with E-state index >= 15 is 0 Å². The molecule has 0 aliphatic carbocycles. The van der Waals surface area contributed by atoms with Crippen LogP contribution in [0.1, 0.15) is 45.3 Å². The zero-order valence-corrected chi connectivity index (χ0v) is 13.7. The number of carbonyl (C=O) groups is 1. The Labute approximate surface area is 128 Å². The molecule has 1 aromatic carbocycles. The van der Waals surface area contributed by atoms with Crippen molar-refractivity contribution in [3.05, 3.63) is 34.3 Å². The molecule has 0 unspecified atom stereocenters. The molecule has 0 bridgehead atoms. The lowest BCUT2D eigenvalue weighted by Gasteiger charge is -2.20. The van der Waals surface area contributed by atoms with E-state index in [2.05, 4.69) is 21.2 Å². The topological polar surface area (TPSA) is 58.6 Å². The van der Waals surface area contributed by atoms with E-state index in [-0.39, 0.29) is 0 Å². The average Bonchev–Trinajstić information content (AvgIpc) is 2.33. The fraction of sp³-hybridized carbons (Fsp3) is 0.533. The molecule has 20 heavy (non-hydrogen) atoms. The summed E-state index contributed by atoms with van der Waals surface area (Å²) < 4.78 is 6.02. The molecule has 0 radical (unpaired) electrons. The summed E-state index contributed by atoms with van der Waals surface area (Å²) in [5, 5.41) is 12.8. The molecule has 0 saturated heterocycles. The van der Waals surface area contributed by atoms with Gasteiger partial charge in [-0.25, -0.2) is 4.79 Å². The van der Waals surface area contributed by atoms with E-state index in [1.807, 2.05) is 45.0 Å². The molecule has 0 saturated carbocycles. The fourth-order valence-electron chi connectivity index (χ4n) is 1.70. The number of aliphatic hydroxyl groups is 1. The van der Waals surface area contributed by atoms with Crippen LogP contribution in [0.5, 0.6) is 0 Å². The van der Waals surface area contributed by atoms with Crippen LogP contribution in [0.2, 0.25) is 0 Å². The molecule has 1 rings (SSSR count). The third kappa shape index (κ3) is 6.39. The molecule has 4 nitrogen and oxygen atoms in total. The smallest absolute Gasteiger partial charge is 0.407 e. The van der Waals surface area contributed by atoms with Gasteiger partial charge in [-0.05, 0) is 45.2 Å². The van der Waals surface area contributed by atoms with Gasteiger partial charge in [-0.1, -0.05) is 34.1 Å². The predicted molar refractivity (Wildman–Crippen MR) is 82.6 cm³/mol. The van der Waals surface area contributed by atoms with Crippen molar-refractivity contribution in [1.82, 2.24) is 5.32 Å². The van der Waals surface area contributed by atoms with Gasteiger partial charge < -0.3 is 15.2 Å². The molecule has 1 aromatic rings. The quantitative estimate of drug-likeness (QED) is 0.799. The highest BCUT2D eigenvalue weighted by Gasteiger charge is 2.16. The minimum absolute atomic E-state index is 0.423. The molecule has 112 valence electrons. The number of carbonyl (C=O) groups excluding carboxylic acids is 1. The molecular formula is C15H22BrNO3. The second-order valence-electron chi connectivity index (χ2n) is 5.61. The van der Waals surface area contributed by atoms with Crippen LogP contribution in [0.15, 0.2) is 28.7 Å². The van der Waals surface area contributed by atoms with Gasteiger partial charge in [0.1, 0.15) is 5.60 Å². The first kappa shape index (κ1) is 17.0. The lowest BCUT2D eigenvalue weighted by molar-refractivity contribution is 0.0523. The van der Waals surface area contributed by atoms with Crippen LogP contribution in [0.4, 0.5) is 4.79 Å². The van der Waals surface area contributed by atoms with Crippen LogP contribution in [0, 0.1) is 0 Å². The van der Waals surface area contributed by atoms with E-state index in [9.17, 15) is 9.90 Å². The zero-order chi connectivity index (χ0) is 15.2. The maximum Gasteiger partial charge on any atom is 0.407 e. The van der Waals surface area contributed by atoms with Gasteiger partial charge in [0.05, 0.1) is 6.10 Å². The highest BCUT2D eigenvalue weighted by molar-refractivity contribution is 9.10. The third-order valence-electron chi connectivity index (χ3n) is 2.59. The summed E-state index contributed by atoms with van der Waals surface area (Å²) in [6.45, 7) is 5.95. The molecule has 1 atom stereocenters. The van der Waals surface area contributed by atoms with Gasteiger partial charge in [0.25, 0.3) is 0 Å². The molecule has 0 aliphatic heterocycles. The minimum Gasteiger partial charge on any atom is -0.444 e. The number of benzene rings is 1. The Morgan fingerprint density at radius 2 is 2.05 bits per heavy atom. The highest BCUT2D eigenvalue weighted by Crippen LogP contribution is 2.25. The highest BCUT2D eigenvalue weighted by atomic mass is 79.9. The van der Waals surface area contributed by atoms with Gasteiger partial charge in [-0.15, -0.1) is 0 Å². The van der Waals surface area contributed by atoms with E-state index in [1.165, 1.54) is 0 Å². The Hall–Kier alpha value is -1.07. The van der Waals surface area contributed by atoms with Gasteiger partial charge in [0.2, 0.25) is 0 Å². The van der Waals surface area contributed by atoms with Gasteiger partial charge >= 0.3 is 6.09 Å². The molecule has 0 heterocycles. The molecule has 0 aromatic heterocycles. The Bertz CT molecular complexity index is 443. The first-order valence-electron chi connectivity index (χ1n) is 6.69. The van der Waals surface area contributed by atoms with Crippen LogP contribution in [0.3, 0.4) is 0 Å². The zero-order valence-electron chi connectivity index (χ0n) is 12.1. The number of halogens is 1. The summed E-state index contributed by atoms with van der Waals surface area (Å²) in [6.07, 6.45) is 0.305. The first-order chi connectivity index (χ1) is 9.29. The number of aliphatic hydroxyl groups excluding tert-OH is 1. The van der Waals surface area contributed by atoms with Gasteiger partial charge in [-0.3, -0.25) is 0 Å². The van der Waals surface area contributed by atoms with Crippen molar-refractivity contribution < 1.29 is 14.6 Å². The van der Waals surface area contributed by atoms with E-state index in [0.717, 1.165) is 10.0 Å². The number of alkyl carbamates (subject to hydrolysis) is 1. The monoisotopic (exact) mass is 343 g/mol. The van der Waals surface area contributed by atoms with Crippen molar-refractivity contribution in [2.75, 3.05) is 6.54 Å². The minimum atomic E-state index is -0.536. The second kappa shape index (κ2) is 7.64. The molecule has 0 spiro atoms. The van der Waals surface area contributed by atoms with Crippen molar-refractivity contribution in [2.24, 2.45) is 0 Å². The number of hydrogen-bond donors (Lipinski definition) is 2.